The maximum atomic E-state index is 10.2. The van der Waals surface area contributed by atoms with Crippen LogP contribution < -0.4 is 5.32 Å². The minimum atomic E-state index is -0.616. The predicted molar refractivity (Wildman–Crippen MR) is 73.4 cm³/mol. The molecule has 3 heteroatoms. The first-order chi connectivity index (χ1) is 8.02. The van der Waals surface area contributed by atoms with Crippen molar-refractivity contribution in [3.8, 4) is 0 Å². The normalized spacial score (nSPS) is 13.7. The summed E-state index contributed by atoms with van der Waals surface area (Å²) < 4.78 is 0. The molecule has 0 heterocycles. The summed E-state index contributed by atoms with van der Waals surface area (Å²) in [6, 6.07) is 7.95. The Bertz CT molecular complexity index is 350. The molecule has 0 radical (unpaired) electrons. The Labute approximate surface area is 109 Å². The van der Waals surface area contributed by atoms with Gasteiger partial charge in [-0.3, -0.25) is 0 Å². The maximum absolute atomic E-state index is 10.2. The minimum Gasteiger partial charge on any atom is -0.389 e. The van der Waals surface area contributed by atoms with Crippen molar-refractivity contribution < 1.29 is 5.11 Å². The average Bonchev–Trinajstić information content (AvgIpc) is 2.36. The molecule has 1 aromatic carbocycles. The molecule has 0 saturated heterocycles. The Hall–Kier alpha value is -0.570. The number of hydrogen-bond donors (Lipinski definition) is 2. The second-order valence-electron chi connectivity index (χ2n) is 4.56. The van der Waals surface area contributed by atoms with Crippen molar-refractivity contribution in [1.82, 2.24) is 5.32 Å². The van der Waals surface area contributed by atoms with Crippen LogP contribution in [-0.2, 0) is 0 Å². The second kappa shape index (κ2) is 6.39. The number of aliphatic hydroxyl groups is 1. The summed E-state index contributed by atoms with van der Waals surface area (Å²) in [5.41, 5.74) is 0.457. The van der Waals surface area contributed by atoms with Crippen molar-refractivity contribution in [1.29, 1.82) is 0 Å². The lowest BCUT2D eigenvalue weighted by molar-refractivity contribution is 0.0303. The van der Waals surface area contributed by atoms with Crippen LogP contribution in [0.25, 0.3) is 0 Å². The molecular formula is C14H22ClNO. The van der Waals surface area contributed by atoms with E-state index in [-0.39, 0.29) is 6.04 Å². The predicted octanol–water partition coefficient (Wildman–Crippen LogP) is 3.54. The zero-order chi connectivity index (χ0) is 12.9. The number of nitrogens with one attached hydrogen (secondary N) is 1. The van der Waals surface area contributed by atoms with Gasteiger partial charge in [0.25, 0.3) is 0 Å². The van der Waals surface area contributed by atoms with E-state index < -0.39 is 5.60 Å². The van der Waals surface area contributed by atoms with Gasteiger partial charge in [0.1, 0.15) is 0 Å². The van der Waals surface area contributed by atoms with Crippen molar-refractivity contribution in [2.75, 3.05) is 6.54 Å². The molecule has 0 unspecified atom stereocenters. The Morgan fingerprint density at radius 2 is 1.88 bits per heavy atom. The second-order valence-corrected chi connectivity index (χ2v) is 4.96. The van der Waals surface area contributed by atoms with E-state index in [9.17, 15) is 5.11 Å². The molecule has 0 aliphatic rings. The standard InChI is InChI=1S/C14H22ClNO/c1-4-14(17,5-2)10-16-11(3)12-8-6-7-9-13(12)15/h6-9,11,16-17H,4-5,10H2,1-3H3/t11-/m1/s1. The Morgan fingerprint density at radius 1 is 1.29 bits per heavy atom. The fraction of sp³-hybridized carbons (Fsp3) is 0.571. The van der Waals surface area contributed by atoms with Crippen molar-refractivity contribution in [3.63, 3.8) is 0 Å². The van der Waals surface area contributed by atoms with Crippen molar-refractivity contribution >= 4 is 11.6 Å². The molecule has 1 atom stereocenters. The molecule has 0 saturated carbocycles. The van der Waals surface area contributed by atoms with Gasteiger partial charge < -0.3 is 10.4 Å². The van der Waals surface area contributed by atoms with Gasteiger partial charge >= 0.3 is 0 Å². The van der Waals surface area contributed by atoms with Crippen LogP contribution in [0.15, 0.2) is 24.3 Å². The van der Waals surface area contributed by atoms with Crippen LogP contribution in [0.3, 0.4) is 0 Å². The van der Waals surface area contributed by atoms with Crippen LogP contribution in [0.4, 0.5) is 0 Å². The lowest BCUT2D eigenvalue weighted by Crippen LogP contribution is -2.40. The summed E-state index contributed by atoms with van der Waals surface area (Å²) in [5, 5.41) is 14.3. The molecule has 0 spiro atoms. The van der Waals surface area contributed by atoms with Crippen LogP contribution in [0.1, 0.15) is 45.2 Å². The van der Waals surface area contributed by atoms with Gasteiger partial charge in [0.15, 0.2) is 0 Å². The van der Waals surface area contributed by atoms with Gasteiger partial charge in [-0.15, -0.1) is 0 Å². The van der Waals surface area contributed by atoms with E-state index in [1.54, 1.807) is 0 Å². The average molecular weight is 256 g/mol. The van der Waals surface area contributed by atoms with Crippen LogP contribution in [0.5, 0.6) is 0 Å². The third-order valence-corrected chi connectivity index (χ3v) is 3.77. The van der Waals surface area contributed by atoms with Crippen LogP contribution in [0, 0.1) is 0 Å². The topological polar surface area (TPSA) is 32.3 Å². The van der Waals surface area contributed by atoms with E-state index in [1.807, 2.05) is 38.1 Å². The quantitative estimate of drug-likeness (QED) is 0.815. The molecule has 2 nitrogen and oxygen atoms in total. The Balaban J connectivity index is 2.62. The summed E-state index contributed by atoms with van der Waals surface area (Å²) in [6.07, 6.45) is 1.51. The first kappa shape index (κ1) is 14.5. The smallest absolute Gasteiger partial charge is 0.0766 e. The molecule has 0 aromatic heterocycles. The van der Waals surface area contributed by atoms with E-state index in [1.165, 1.54) is 0 Å². The SMILES string of the molecule is CCC(O)(CC)CN[C@H](C)c1ccccc1Cl. The third-order valence-electron chi connectivity index (χ3n) is 3.43. The van der Waals surface area contributed by atoms with E-state index in [0.29, 0.717) is 6.54 Å². The van der Waals surface area contributed by atoms with Gasteiger partial charge in [-0.2, -0.15) is 0 Å². The molecule has 0 fully saturated rings. The minimum absolute atomic E-state index is 0.147. The fourth-order valence-corrected chi connectivity index (χ4v) is 2.08. The highest BCUT2D eigenvalue weighted by molar-refractivity contribution is 6.31. The lowest BCUT2D eigenvalue weighted by Gasteiger charge is -2.28. The number of rotatable bonds is 6. The molecule has 0 aliphatic heterocycles. The molecule has 96 valence electrons. The monoisotopic (exact) mass is 255 g/mol. The molecular weight excluding hydrogens is 234 g/mol. The molecule has 0 amide bonds. The van der Waals surface area contributed by atoms with Crippen LogP contribution in [-0.4, -0.2) is 17.3 Å². The number of halogens is 1. The first-order valence-corrected chi connectivity index (χ1v) is 6.60. The summed E-state index contributed by atoms with van der Waals surface area (Å²) in [6.45, 7) is 6.66. The lowest BCUT2D eigenvalue weighted by atomic mass is 9.96. The molecule has 1 rings (SSSR count). The Morgan fingerprint density at radius 3 is 2.41 bits per heavy atom. The molecule has 1 aromatic rings. The van der Waals surface area contributed by atoms with Crippen molar-refractivity contribution in [2.24, 2.45) is 0 Å². The van der Waals surface area contributed by atoms with Gasteiger partial charge in [0.05, 0.1) is 5.60 Å². The summed E-state index contributed by atoms with van der Waals surface area (Å²) >= 11 is 6.13. The number of hydrogen-bond acceptors (Lipinski definition) is 2. The van der Waals surface area contributed by atoms with Gasteiger partial charge in [0.2, 0.25) is 0 Å². The fourth-order valence-electron chi connectivity index (χ4n) is 1.78. The van der Waals surface area contributed by atoms with Crippen LogP contribution >= 0.6 is 11.6 Å². The molecule has 2 N–H and O–H groups in total. The van der Waals surface area contributed by atoms with Gasteiger partial charge in [0, 0.05) is 17.6 Å². The zero-order valence-corrected chi connectivity index (χ0v) is 11.6. The Kier molecular flexibility index (Phi) is 5.44. The maximum Gasteiger partial charge on any atom is 0.0766 e. The highest BCUT2D eigenvalue weighted by atomic mass is 35.5. The van der Waals surface area contributed by atoms with Gasteiger partial charge in [-0.05, 0) is 31.4 Å². The zero-order valence-electron chi connectivity index (χ0n) is 10.8. The number of benzene rings is 1. The van der Waals surface area contributed by atoms with Crippen molar-refractivity contribution in [3.05, 3.63) is 34.9 Å². The van der Waals surface area contributed by atoms with Gasteiger partial charge in [-0.1, -0.05) is 43.6 Å². The largest absolute Gasteiger partial charge is 0.389 e. The van der Waals surface area contributed by atoms with Gasteiger partial charge in [-0.25, -0.2) is 0 Å². The highest BCUT2D eigenvalue weighted by Crippen LogP contribution is 2.23. The van der Waals surface area contributed by atoms with E-state index in [0.717, 1.165) is 23.4 Å². The third kappa shape index (κ3) is 3.98. The van der Waals surface area contributed by atoms with Crippen LogP contribution in [0.2, 0.25) is 5.02 Å². The summed E-state index contributed by atoms with van der Waals surface area (Å²) in [4.78, 5) is 0. The molecule has 0 bridgehead atoms. The first-order valence-electron chi connectivity index (χ1n) is 6.22. The molecule has 0 aliphatic carbocycles. The summed E-state index contributed by atoms with van der Waals surface area (Å²) in [7, 11) is 0. The van der Waals surface area contributed by atoms with E-state index in [2.05, 4.69) is 12.2 Å². The highest BCUT2D eigenvalue weighted by Gasteiger charge is 2.22. The van der Waals surface area contributed by atoms with E-state index >= 15 is 0 Å². The van der Waals surface area contributed by atoms with Crippen molar-refractivity contribution in [2.45, 2.75) is 45.3 Å². The summed E-state index contributed by atoms with van der Waals surface area (Å²) in [5.74, 6) is 0. The molecule has 17 heavy (non-hydrogen) atoms. The van der Waals surface area contributed by atoms with E-state index in [4.69, 9.17) is 11.6 Å².